The number of nitrogens with zero attached hydrogens (tertiary/aromatic N) is 3. The van der Waals surface area contributed by atoms with E-state index in [1.807, 2.05) is 6.07 Å². The smallest absolute Gasteiger partial charge is 0.305 e. The van der Waals surface area contributed by atoms with E-state index in [1.54, 1.807) is 0 Å². The van der Waals surface area contributed by atoms with E-state index >= 15 is 0 Å². The van der Waals surface area contributed by atoms with Crippen molar-refractivity contribution in [2.45, 2.75) is 13.0 Å². The van der Waals surface area contributed by atoms with E-state index in [2.05, 4.69) is 0 Å². The quantitative estimate of drug-likeness (QED) is 0.604. The van der Waals surface area contributed by atoms with Gasteiger partial charge in [0.05, 0.1) is 11.0 Å². The topological polar surface area (TPSA) is 87.2 Å². The maximum atomic E-state index is 13.1. The minimum absolute atomic E-state index is 0.0345. The Hall–Kier alpha value is -2.49. The number of nitriles is 1. The first kappa shape index (κ1) is 13.6. The molecule has 1 aromatic carbocycles. The zero-order valence-corrected chi connectivity index (χ0v) is 9.75. The van der Waals surface area contributed by atoms with Crippen LogP contribution in [0.15, 0.2) is 18.2 Å². The average molecular weight is 251 g/mol. The van der Waals surface area contributed by atoms with Gasteiger partial charge >= 0.3 is 5.69 Å². The zero-order chi connectivity index (χ0) is 13.9. The molecule has 0 saturated carbocycles. The highest BCUT2D eigenvalue weighted by Crippen LogP contribution is 2.19. The standard InChI is InChI=1S/C11H10FN3O3/c1-7(6-13)14(2)11(16)8-3-4-9(12)10(5-8)15(17)18/h3-5,7H,1-2H3. The van der Waals surface area contributed by atoms with E-state index in [4.69, 9.17) is 5.26 Å². The summed E-state index contributed by atoms with van der Waals surface area (Å²) in [4.78, 5) is 22.6. The van der Waals surface area contributed by atoms with E-state index in [0.29, 0.717) is 0 Å². The van der Waals surface area contributed by atoms with Gasteiger partial charge in [-0.3, -0.25) is 14.9 Å². The Bertz CT molecular complexity index is 539. The molecule has 0 heterocycles. The van der Waals surface area contributed by atoms with Crippen LogP contribution in [-0.2, 0) is 0 Å². The second kappa shape index (κ2) is 5.23. The number of carbonyl (C=O) groups excluding carboxylic acids is 1. The SMILES string of the molecule is CC(C#N)N(C)C(=O)c1ccc(F)c([N+](=O)[O-])c1. The Morgan fingerprint density at radius 2 is 2.22 bits per heavy atom. The Balaban J connectivity index is 3.12. The van der Waals surface area contributed by atoms with Crippen molar-refractivity contribution < 1.29 is 14.1 Å². The van der Waals surface area contributed by atoms with Gasteiger partial charge in [0.2, 0.25) is 5.82 Å². The minimum atomic E-state index is -1.01. The van der Waals surface area contributed by atoms with Gasteiger partial charge in [-0.15, -0.1) is 0 Å². The molecule has 0 aliphatic heterocycles. The maximum Gasteiger partial charge on any atom is 0.305 e. The summed E-state index contributed by atoms with van der Waals surface area (Å²) in [5.74, 6) is -1.58. The summed E-state index contributed by atoms with van der Waals surface area (Å²) < 4.78 is 13.1. The number of nitro groups is 1. The number of carbonyl (C=O) groups is 1. The van der Waals surface area contributed by atoms with Gasteiger partial charge in [-0.25, -0.2) is 0 Å². The first-order valence-electron chi connectivity index (χ1n) is 4.99. The van der Waals surface area contributed by atoms with Crippen LogP contribution in [0.3, 0.4) is 0 Å². The highest BCUT2D eigenvalue weighted by atomic mass is 19.1. The third-order valence-electron chi connectivity index (χ3n) is 2.48. The molecule has 0 spiro atoms. The van der Waals surface area contributed by atoms with Crippen LogP contribution < -0.4 is 0 Å². The number of hydrogen-bond donors (Lipinski definition) is 0. The van der Waals surface area contributed by atoms with Crippen LogP contribution >= 0.6 is 0 Å². The molecule has 6 nitrogen and oxygen atoms in total. The van der Waals surface area contributed by atoms with Crippen molar-refractivity contribution in [3.8, 4) is 6.07 Å². The highest BCUT2D eigenvalue weighted by Gasteiger charge is 2.21. The average Bonchev–Trinajstić information content (AvgIpc) is 2.36. The van der Waals surface area contributed by atoms with E-state index in [1.165, 1.54) is 14.0 Å². The molecular formula is C11H10FN3O3. The lowest BCUT2D eigenvalue weighted by Gasteiger charge is -2.19. The molecule has 7 heteroatoms. The van der Waals surface area contributed by atoms with E-state index in [9.17, 15) is 19.3 Å². The van der Waals surface area contributed by atoms with Gasteiger partial charge in [0.1, 0.15) is 6.04 Å². The van der Waals surface area contributed by atoms with Crippen LogP contribution in [0.5, 0.6) is 0 Å². The van der Waals surface area contributed by atoms with Crippen LogP contribution in [-0.4, -0.2) is 28.8 Å². The van der Waals surface area contributed by atoms with Gasteiger partial charge < -0.3 is 4.90 Å². The minimum Gasteiger partial charge on any atom is -0.326 e. The number of hydrogen-bond acceptors (Lipinski definition) is 4. The predicted octanol–water partition coefficient (Wildman–Crippen LogP) is 1.72. The van der Waals surface area contributed by atoms with Crippen molar-refractivity contribution in [1.29, 1.82) is 5.26 Å². The summed E-state index contributed by atoms with van der Waals surface area (Å²) in [7, 11) is 1.39. The molecule has 1 aromatic rings. The van der Waals surface area contributed by atoms with Crippen LogP contribution in [0, 0.1) is 27.3 Å². The molecule has 0 N–H and O–H groups in total. The van der Waals surface area contributed by atoms with E-state index < -0.39 is 28.4 Å². The van der Waals surface area contributed by atoms with E-state index in [-0.39, 0.29) is 5.56 Å². The molecule has 18 heavy (non-hydrogen) atoms. The second-order valence-corrected chi connectivity index (χ2v) is 3.64. The van der Waals surface area contributed by atoms with Crippen LogP contribution in [0.1, 0.15) is 17.3 Å². The highest BCUT2D eigenvalue weighted by molar-refractivity contribution is 5.95. The summed E-state index contributed by atoms with van der Waals surface area (Å²) in [6, 6.07) is 4.04. The molecule has 0 aliphatic rings. The van der Waals surface area contributed by atoms with Crippen molar-refractivity contribution in [1.82, 2.24) is 4.90 Å². The van der Waals surface area contributed by atoms with Gasteiger partial charge in [0.25, 0.3) is 5.91 Å². The molecule has 0 saturated heterocycles. The third kappa shape index (κ3) is 2.60. The van der Waals surface area contributed by atoms with Gasteiger partial charge in [-0.1, -0.05) is 0 Å². The fourth-order valence-corrected chi connectivity index (χ4v) is 1.25. The molecule has 1 atom stereocenters. The molecule has 0 fully saturated rings. The van der Waals surface area contributed by atoms with Gasteiger partial charge in [0, 0.05) is 18.7 Å². The molecule has 0 radical (unpaired) electrons. The van der Waals surface area contributed by atoms with Crippen LogP contribution in [0.4, 0.5) is 10.1 Å². The number of amides is 1. The van der Waals surface area contributed by atoms with Crippen molar-refractivity contribution in [3.63, 3.8) is 0 Å². The number of benzene rings is 1. The normalized spacial score (nSPS) is 11.4. The molecular weight excluding hydrogens is 241 g/mol. The Kier molecular flexibility index (Phi) is 3.94. The van der Waals surface area contributed by atoms with Crippen molar-refractivity contribution in [2.24, 2.45) is 0 Å². The van der Waals surface area contributed by atoms with Gasteiger partial charge in [-0.05, 0) is 19.1 Å². The molecule has 1 unspecified atom stereocenters. The monoisotopic (exact) mass is 251 g/mol. The molecule has 94 valence electrons. The zero-order valence-electron chi connectivity index (χ0n) is 9.75. The summed E-state index contributed by atoms with van der Waals surface area (Å²) >= 11 is 0. The summed E-state index contributed by atoms with van der Waals surface area (Å²) in [5.41, 5.74) is -0.799. The summed E-state index contributed by atoms with van der Waals surface area (Å²) in [6.07, 6.45) is 0. The van der Waals surface area contributed by atoms with Gasteiger partial charge in [0.15, 0.2) is 0 Å². The largest absolute Gasteiger partial charge is 0.326 e. The fraction of sp³-hybridized carbons (Fsp3) is 0.273. The van der Waals surface area contributed by atoms with Crippen LogP contribution in [0.2, 0.25) is 0 Å². The molecule has 1 rings (SSSR count). The first-order chi connectivity index (χ1) is 8.38. The lowest BCUT2D eigenvalue weighted by atomic mass is 10.1. The van der Waals surface area contributed by atoms with Gasteiger partial charge in [-0.2, -0.15) is 9.65 Å². The lowest BCUT2D eigenvalue weighted by molar-refractivity contribution is -0.387. The number of nitro benzene ring substituents is 1. The van der Waals surface area contributed by atoms with Crippen LogP contribution in [0.25, 0.3) is 0 Å². The number of halogens is 1. The molecule has 0 aromatic heterocycles. The third-order valence-corrected chi connectivity index (χ3v) is 2.48. The molecule has 0 aliphatic carbocycles. The fourth-order valence-electron chi connectivity index (χ4n) is 1.25. The first-order valence-corrected chi connectivity index (χ1v) is 4.99. The number of rotatable bonds is 3. The Labute approximate surface area is 102 Å². The van der Waals surface area contributed by atoms with Crippen molar-refractivity contribution in [3.05, 3.63) is 39.7 Å². The summed E-state index contributed by atoms with van der Waals surface area (Å²) in [5, 5.41) is 19.2. The molecule has 0 bridgehead atoms. The van der Waals surface area contributed by atoms with E-state index in [0.717, 1.165) is 23.1 Å². The van der Waals surface area contributed by atoms with Crippen molar-refractivity contribution in [2.75, 3.05) is 7.05 Å². The lowest BCUT2D eigenvalue weighted by Crippen LogP contribution is -2.34. The maximum absolute atomic E-state index is 13.1. The Morgan fingerprint density at radius 3 is 2.72 bits per heavy atom. The predicted molar refractivity (Wildman–Crippen MR) is 60.2 cm³/mol. The Morgan fingerprint density at radius 1 is 1.61 bits per heavy atom. The summed E-state index contributed by atoms with van der Waals surface area (Å²) in [6.45, 7) is 1.51. The second-order valence-electron chi connectivity index (χ2n) is 3.64. The molecule has 1 amide bonds. The van der Waals surface area contributed by atoms with Crippen molar-refractivity contribution >= 4 is 11.6 Å².